The molecule has 0 unspecified atom stereocenters. The smallest absolute Gasteiger partial charge is 0.241 e. The molecule has 2 fully saturated rings. The molecule has 1 atom stereocenters. The van der Waals surface area contributed by atoms with Gasteiger partial charge < -0.3 is 15.2 Å². The number of likely N-dealkylation sites (N-methyl/N-ethyl adjacent to an activating group) is 1. The van der Waals surface area contributed by atoms with Gasteiger partial charge in [0.05, 0.1) is 22.9 Å². The van der Waals surface area contributed by atoms with Gasteiger partial charge in [-0.1, -0.05) is 12.1 Å². The molecule has 1 aromatic carbocycles. The predicted octanol–water partition coefficient (Wildman–Crippen LogP) is 2.86. The van der Waals surface area contributed by atoms with Gasteiger partial charge in [0, 0.05) is 55.4 Å². The maximum absolute atomic E-state index is 13.0. The number of nitrogens with zero attached hydrogens (tertiary/aromatic N) is 4. The summed E-state index contributed by atoms with van der Waals surface area (Å²) in [6.07, 6.45) is 5.48. The van der Waals surface area contributed by atoms with Gasteiger partial charge in [0.1, 0.15) is 0 Å². The van der Waals surface area contributed by atoms with Gasteiger partial charge in [0.25, 0.3) is 0 Å². The van der Waals surface area contributed by atoms with E-state index in [9.17, 15) is 9.59 Å². The van der Waals surface area contributed by atoms with Crippen molar-refractivity contribution in [2.75, 3.05) is 43.9 Å². The normalized spacial score (nSPS) is 18.1. The summed E-state index contributed by atoms with van der Waals surface area (Å²) < 4.78 is 0. The molecule has 1 saturated heterocycles. The fraction of sp³-hybridized carbons (Fsp3) is 0.440. The lowest BCUT2D eigenvalue weighted by atomic mass is 10.1. The number of piperazine rings is 1. The van der Waals surface area contributed by atoms with E-state index in [1.165, 1.54) is 0 Å². The number of para-hydroxylation sites is 1. The summed E-state index contributed by atoms with van der Waals surface area (Å²) in [4.78, 5) is 41.9. The van der Waals surface area contributed by atoms with Crippen LogP contribution < -0.4 is 10.6 Å². The first-order valence-corrected chi connectivity index (χ1v) is 11.9. The monoisotopic (exact) mass is 461 g/mol. The van der Waals surface area contributed by atoms with Crippen molar-refractivity contribution < 1.29 is 9.59 Å². The average Bonchev–Trinajstić information content (AvgIpc) is 3.60. The summed E-state index contributed by atoms with van der Waals surface area (Å²) in [5.74, 6) is 0.364. The number of aromatic nitrogens is 3. The summed E-state index contributed by atoms with van der Waals surface area (Å²) in [7, 11) is 2.11. The molecule has 3 heterocycles. The highest BCUT2D eigenvalue weighted by Crippen LogP contribution is 2.34. The fourth-order valence-electron chi connectivity index (χ4n) is 4.40. The van der Waals surface area contributed by atoms with E-state index in [1.807, 2.05) is 38.2 Å². The minimum Gasteiger partial charge on any atom is -0.359 e. The Bertz CT molecular complexity index is 1230. The molecule has 9 nitrogen and oxygen atoms in total. The average molecular weight is 462 g/mol. The molecule has 5 rings (SSSR count). The summed E-state index contributed by atoms with van der Waals surface area (Å²) in [6.45, 7) is 7.61. The summed E-state index contributed by atoms with van der Waals surface area (Å²) in [5.41, 5.74) is 4.15. The van der Waals surface area contributed by atoms with Crippen LogP contribution in [0, 0.1) is 12.8 Å². The topological polar surface area (TPSA) is 106 Å². The molecule has 3 N–H and O–H groups in total. The van der Waals surface area contributed by atoms with E-state index in [1.54, 1.807) is 6.20 Å². The molecule has 2 amide bonds. The van der Waals surface area contributed by atoms with E-state index in [4.69, 9.17) is 0 Å². The van der Waals surface area contributed by atoms with E-state index in [-0.39, 0.29) is 23.8 Å². The lowest BCUT2D eigenvalue weighted by Gasteiger charge is -2.35. The van der Waals surface area contributed by atoms with Gasteiger partial charge in [-0.3, -0.25) is 19.8 Å². The molecule has 1 saturated carbocycles. The number of carbonyl (C=O) groups is 2. The summed E-state index contributed by atoms with van der Waals surface area (Å²) in [6, 6.07) is 5.64. The van der Waals surface area contributed by atoms with Gasteiger partial charge in [-0.15, -0.1) is 0 Å². The van der Waals surface area contributed by atoms with Crippen molar-refractivity contribution in [3.05, 3.63) is 36.2 Å². The highest BCUT2D eigenvalue weighted by molar-refractivity contribution is 6.06. The molecule has 3 aromatic rings. The highest BCUT2D eigenvalue weighted by atomic mass is 16.2. The molecule has 0 bridgehead atoms. The van der Waals surface area contributed by atoms with Crippen molar-refractivity contribution in [2.45, 2.75) is 32.7 Å². The quantitative estimate of drug-likeness (QED) is 0.521. The Balaban J connectivity index is 1.38. The first-order chi connectivity index (χ1) is 16.4. The number of aromatic amines is 1. The van der Waals surface area contributed by atoms with Crippen LogP contribution >= 0.6 is 0 Å². The Labute approximate surface area is 198 Å². The number of nitrogens with one attached hydrogen (secondary N) is 3. The standard InChI is InChI=1S/C25H31N7O2/c1-15-13-27-25(30-24(34)17-7-8-17)29-21(15)19-14-26-22-18(19)5-4-6-20(22)28-23(33)16(2)32-11-9-31(3)10-12-32/h4-6,13-14,16-17,26H,7-12H2,1-3H3,(H,28,33)(H,27,29,30,34)/t16-/m0/s1. The Hall–Kier alpha value is -3.30. The zero-order chi connectivity index (χ0) is 23.8. The van der Waals surface area contributed by atoms with Crippen molar-refractivity contribution >= 4 is 34.4 Å². The van der Waals surface area contributed by atoms with Crippen molar-refractivity contribution in [3.8, 4) is 11.3 Å². The zero-order valence-corrected chi connectivity index (χ0v) is 19.9. The Kier molecular flexibility index (Phi) is 6.05. The summed E-state index contributed by atoms with van der Waals surface area (Å²) in [5, 5.41) is 6.89. The molecule has 1 aliphatic heterocycles. The van der Waals surface area contributed by atoms with Gasteiger partial charge in [0.2, 0.25) is 17.8 Å². The lowest BCUT2D eigenvalue weighted by Crippen LogP contribution is -2.51. The maximum atomic E-state index is 13.0. The van der Waals surface area contributed by atoms with E-state index >= 15 is 0 Å². The van der Waals surface area contributed by atoms with Crippen LogP contribution in [0.4, 0.5) is 11.6 Å². The molecule has 2 aliphatic rings. The summed E-state index contributed by atoms with van der Waals surface area (Å²) >= 11 is 0. The van der Waals surface area contributed by atoms with Gasteiger partial charge in [-0.25, -0.2) is 9.97 Å². The van der Waals surface area contributed by atoms with Crippen LogP contribution in [0.5, 0.6) is 0 Å². The van der Waals surface area contributed by atoms with Crippen molar-refractivity contribution in [3.63, 3.8) is 0 Å². The van der Waals surface area contributed by atoms with Gasteiger partial charge in [-0.2, -0.15) is 0 Å². The van der Waals surface area contributed by atoms with Gasteiger partial charge >= 0.3 is 0 Å². The van der Waals surface area contributed by atoms with E-state index in [0.29, 0.717) is 5.95 Å². The number of aryl methyl sites for hydroxylation is 1. The van der Waals surface area contributed by atoms with E-state index < -0.39 is 0 Å². The molecule has 1 aliphatic carbocycles. The van der Waals surface area contributed by atoms with Crippen LogP contribution in [-0.2, 0) is 9.59 Å². The van der Waals surface area contributed by atoms with E-state index in [0.717, 1.165) is 72.4 Å². The van der Waals surface area contributed by atoms with Crippen LogP contribution in [0.15, 0.2) is 30.6 Å². The maximum Gasteiger partial charge on any atom is 0.241 e. The number of carbonyl (C=O) groups excluding carboxylic acids is 2. The second kappa shape index (κ2) is 9.15. The number of amides is 2. The number of hydrogen-bond donors (Lipinski definition) is 3. The third-order valence-electron chi connectivity index (χ3n) is 6.85. The van der Waals surface area contributed by atoms with Crippen LogP contribution in [0.2, 0.25) is 0 Å². The molecular formula is C25H31N7O2. The van der Waals surface area contributed by atoms with E-state index in [2.05, 4.69) is 42.4 Å². The molecule has 34 heavy (non-hydrogen) atoms. The number of rotatable bonds is 6. The molecule has 9 heteroatoms. The lowest BCUT2D eigenvalue weighted by molar-refractivity contribution is -0.121. The van der Waals surface area contributed by atoms with Crippen molar-refractivity contribution in [1.82, 2.24) is 24.8 Å². The number of hydrogen-bond acceptors (Lipinski definition) is 6. The number of benzene rings is 1. The SMILES string of the molecule is Cc1cnc(NC(=O)C2CC2)nc1-c1c[nH]c2c(NC(=O)[C@H](C)N3CCN(C)CC3)cccc12. The minimum atomic E-state index is -0.208. The first kappa shape index (κ1) is 22.5. The first-order valence-electron chi connectivity index (χ1n) is 11.9. The fourth-order valence-corrected chi connectivity index (χ4v) is 4.40. The van der Waals surface area contributed by atoms with Gasteiger partial charge in [-0.05, 0) is 45.4 Å². The second-order valence-corrected chi connectivity index (χ2v) is 9.42. The van der Waals surface area contributed by atoms with Crippen LogP contribution in [0.3, 0.4) is 0 Å². The van der Waals surface area contributed by atoms with Crippen LogP contribution in [-0.4, -0.2) is 75.8 Å². The molecule has 178 valence electrons. The molecule has 2 aromatic heterocycles. The van der Waals surface area contributed by atoms with Crippen LogP contribution in [0.1, 0.15) is 25.3 Å². The van der Waals surface area contributed by atoms with Crippen molar-refractivity contribution in [2.24, 2.45) is 5.92 Å². The second-order valence-electron chi connectivity index (χ2n) is 9.42. The Morgan fingerprint density at radius 3 is 2.65 bits per heavy atom. The third-order valence-corrected chi connectivity index (χ3v) is 6.85. The molecular weight excluding hydrogens is 430 g/mol. The number of H-pyrrole nitrogens is 1. The minimum absolute atomic E-state index is 0.0171. The predicted molar refractivity (Wildman–Crippen MR) is 133 cm³/mol. The molecule has 0 spiro atoms. The van der Waals surface area contributed by atoms with Crippen molar-refractivity contribution in [1.29, 1.82) is 0 Å². The Morgan fingerprint density at radius 2 is 1.91 bits per heavy atom. The van der Waals surface area contributed by atoms with Crippen LogP contribution in [0.25, 0.3) is 22.2 Å². The number of anilines is 2. The third kappa shape index (κ3) is 4.53. The highest BCUT2D eigenvalue weighted by Gasteiger charge is 2.30. The number of fused-ring (bicyclic) bond motifs is 1. The molecule has 0 radical (unpaired) electrons. The zero-order valence-electron chi connectivity index (χ0n) is 19.9. The Morgan fingerprint density at radius 1 is 1.15 bits per heavy atom. The van der Waals surface area contributed by atoms with Gasteiger partial charge in [0.15, 0.2) is 0 Å². The largest absolute Gasteiger partial charge is 0.359 e.